The lowest BCUT2D eigenvalue weighted by Crippen LogP contribution is -2.40. The number of aromatic amines is 1. The fraction of sp³-hybridized carbons (Fsp3) is 0.455. The minimum Gasteiger partial charge on any atom is -0.343 e. The number of piperidine rings is 1. The number of likely N-dealkylation sites (tertiary alicyclic amines) is 1. The minimum atomic E-state index is -0.105. The lowest BCUT2D eigenvalue weighted by atomic mass is 9.91. The first-order chi connectivity index (χ1) is 14.4. The smallest absolute Gasteiger partial charge is 0.272 e. The van der Waals surface area contributed by atoms with Crippen molar-refractivity contribution in [1.82, 2.24) is 23.8 Å². The van der Waals surface area contributed by atoms with E-state index in [9.17, 15) is 14.4 Å². The molecule has 4 heterocycles. The molecule has 3 aromatic rings. The molecular formula is C22H27N5O3. The van der Waals surface area contributed by atoms with Gasteiger partial charge in [-0.2, -0.15) is 0 Å². The summed E-state index contributed by atoms with van der Waals surface area (Å²) < 4.78 is 3.66. The molecule has 8 nitrogen and oxygen atoms in total. The SMILES string of the molecule is Cc1ccc2c(=O)[nH]c(CCCC(=O)N3CCC(C(=O)c4cn(C)cn4)CC3)cn12. The second-order valence-electron chi connectivity index (χ2n) is 8.14. The van der Waals surface area contributed by atoms with Crippen molar-refractivity contribution in [2.45, 2.75) is 39.0 Å². The number of H-pyrrole nitrogens is 1. The standard InChI is InChI=1S/C22H27N5O3/c1-15-6-7-19-22(30)24-17(12-27(15)19)4-3-5-20(28)26-10-8-16(9-11-26)21(29)18-13-25(2)14-23-18/h6-7,12-14,16H,3-5,8-11H2,1-2H3,(H,24,30). The number of ketones is 1. The molecule has 1 aliphatic rings. The van der Waals surface area contributed by atoms with Gasteiger partial charge >= 0.3 is 0 Å². The fourth-order valence-corrected chi connectivity index (χ4v) is 4.16. The summed E-state index contributed by atoms with van der Waals surface area (Å²) in [6.07, 6.45) is 8.42. The van der Waals surface area contributed by atoms with Crippen molar-refractivity contribution in [1.29, 1.82) is 0 Å². The number of hydrogen-bond acceptors (Lipinski definition) is 4. The zero-order valence-electron chi connectivity index (χ0n) is 17.4. The molecule has 0 atom stereocenters. The summed E-state index contributed by atoms with van der Waals surface area (Å²) in [5.74, 6) is 0.118. The average molecular weight is 409 g/mol. The Labute approximate surface area is 174 Å². The first-order valence-corrected chi connectivity index (χ1v) is 10.4. The van der Waals surface area contributed by atoms with Gasteiger partial charge in [-0.15, -0.1) is 0 Å². The van der Waals surface area contributed by atoms with E-state index in [1.54, 1.807) is 17.1 Å². The van der Waals surface area contributed by atoms with Crippen LogP contribution in [0.1, 0.15) is 47.6 Å². The predicted molar refractivity (Wildman–Crippen MR) is 113 cm³/mol. The van der Waals surface area contributed by atoms with E-state index in [-0.39, 0.29) is 23.2 Å². The van der Waals surface area contributed by atoms with Crippen molar-refractivity contribution < 1.29 is 9.59 Å². The van der Waals surface area contributed by atoms with E-state index in [2.05, 4.69) is 9.97 Å². The molecule has 1 saturated heterocycles. The Hall–Kier alpha value is -3.16. The van der Waals surface area contributed by atoms with Gasteiger partial charge in [-0.3, -0.25) is 14.4 Å². The third-order valence-corrected chi connectivity index (χ3v) is 5.93. The van der Waals surface area contributed by atoms with Crippen LogP contribution in [0.3, 0.4) is 0 Å². The molecule has 0 radical (unpaired) electrons. The largest absolute Gasteiger partial charge is 0.343 e. The van der Waals surface area contributed by atoms with Crippen LogP contribution in [-0.2, 0) is 18.3 Å². The molecular weight excluding hydrogens is 382 g/mol. The van der Waals surface area contributed by atoms with Crippen molar-refractivity contribution in [3.8, 4) is 0 Å². The van der Waals surface area contributed by atoms with Crippen LogP contribution in [0.5, 0.6) is 0 Å². The summed E-state index contributed by atoms with van der Waals surface area (Å²) in [5.41, 5.74) is 2.88. The molecule has 0 spiro atoms. The number of nitrogens with one attached hydrogen (secondary N) is 1. The molecule has 0 bridgehead atoms. The van der Waals surface area contributed by atoms with E-state index < -0.39 is 0 Å². The maximum atomic E-state index is 12.6. The lowest BCUT2D eigenvalue weighted by molar-refractivity contribution is -0.132. The molecule has 0 saturated carbocycles. The van der Waals surface area contributed by atoms with Gasteiger partial charge in [0.2, 0.25) is 5.91 Å². The van der Waals surface area contributed by atoms with Crippen molar-refractivity contribution >= 4 is 17.2 Å². The first kappa shape index (κ1) is 20.1. The Morgan fingerprint density at radius 2 is 1.97 bits per heavy atom. The highest BCUT2D eigenvalue weighted by molar-refractivity contribution is 5.96. The highest BCUT2D eigenvalue weighted by Crippen LogP contribution is 2.22. The number of carbonyl (C=O) groups is 2. The molecule has 0 aromatic carbocycles. The quantitative estimate of drug-likeness (QED) is 0.631. The maximum absolute atomic E-state index is 12.6. The number of hydrogen-bond donors (Lipinski definition) is 1. The number of aryl methyl sites for hydroxylation is 3. The summed E-state index contributed by atoms with van der Waals surface area (Å²) in [6, 6.07) is 3.73. The topological polar surface area (TPSA) is 92.5 Å². The third kappa shape index (κ3) is 4.08. The van der Waals surface area contributed by atoms with E-state index in [0.717, 1.165) is 11.4 Å². The number of amides is 1. The fourth-order valence-electron chi connectivity index (χ4n) is 4.16. The Balaban J connectivity index is 1.27. The minimum absolute atomic E-state index is 0.0643. The van der Waals surface area contributed by atoms with Crippen LogP contribution in [0.2, 0.25) is 0 Å². The second-order valence-corrected chi connectivity index (χ2v) is 8.14. The third-order valence-electron chi connectivity index (χ3n) is 5.93. The Bertz CT molecular complexity index is 1130. The zero-order chi connectivity index (χ0) is 21.3. The van der Waals surface area contributed by atoms with Crippen molar-refractivity contribution in [2.24, 2.45) is 13.0 Å². The van der Waals surface area contributed by atoms with Gasteiger partial charge < -0.3 is 18.9 Å². The molecule has 1 N–H and O–H groups in total. The van der Waals surface area contributed by atoms with E-state index in [0.29, 0.717) is 56.4 Å². The molecule has 30 heavy (non-hydrogen) atoms. The summed E-state index contributed by atoms with van der Waals surface area (Å²) >= 11 is 0. The highest BCUT2D eigenvalue weighted by Gasteiger charge is 2.28. The van der Waals surface area contributed by atoms with Crippen LogP contribution in [-0.4, -0.2) is 48.6 Å². The molecule has 1 fully saturated rings. The molecule has 0 unspecified atom stereocenters. The zero-order valence-corrected chi connectivity index (χ0v) is 17.4. The molecule has 0 aliphatic carbocycles. The summed E-state index contributed by atoms with van der Waals surface area (Å²) in [7, 11) is 1.85. The Morgan fingerprint density at radius 3 is 2.67 bits per heavy atom. The van der Waals surface area contributed by atoms with Gasteiger partial charge in [-0.05, 0) is 44.7 Å². The molecule has 158 valence electrons. The van der Waals surface area contributed by atoms with Gasteiger partial charge in [0, 0.05) is 56.3 Å². The van der Waals surface area contributed by atoms with Gasteiger partial charge in [-0.25, -0.2) is 4.98 Å². The van der Waals surface area contributed by atoms with Crippen LogP contribution < -0.4 is 5.56 Å². The predicted octanol–water partition coefficient (Wildman–Crippen LogP) is 2.11. The summed E-state index contributed by atoms with van der Waals surface area (Å²) in [4.78, 5) is 46.2. The molecule has 3 aromatic heterocycles. The van der Waals surface area contributed by atoms with E-state index in [4.69, 9.17) is 0 Å². The second kappa shape index (κ2) is 8.30. The van der Waals surface area contributed by atoms with Crippen LogP contribution in [0, 0.1) is 12.8 Å². The van der Waals surface area contributed by atoms with Crippen molar-refractivity contribution in [3.05, 3.63) is 58.3 Å². The van der Waals surface area contributed by atoms with Gasteiger partial charge in [0.25, 0.3) is 5.56 Å². The number of carbonyl (C=O) groups excluding carboxylic acids is 2. The van der Waals surface area contributed by atoms with Crippen LogP contribution in [0.25, 0.3) is 5.52 Å². The lowest BCUT2D eigenvalue weighted by Gasteiger charge is -2.31. The maximum Gasteiger partial charge on any atom is 0.272 e. The van der Waals surface area contributed by atoms with Gasteiger partial charge in [0.05, 0.1) is 6.33 Å². The molecule has 8 heteroatoms. The first-order valence-electron chi connectivity index (χ1n) is 10.4. The molecule has 1 amide bonds. The highest BCUT2D eigenvalue weighted by atomic mass is 16.2. The molecule has 1 aliphatic heterocycles. The van der Waals surface area contributed by atoms with E-state index >= 15 is 0 Å². The number of nitrogens with zero attached hydrogens (tertiary/aromatic N) is 4. The summed E-state index contributed by atoms with van der Waals surface area (Å²) in [6.45, 7) is 3.17. The van der Waals surface area contributed by atoms with E-state index in [1.807, 2.05) is 41.6 Å². The number of Topliss-reactive ketones (excluding diaryl/α,β-unsaturated/α-hetero) is 1. The molecule has 4 rings (SSSR count). The number of aromatic nitrogens is 4. The van der Waals surface area contributed by atoms with E-state index in [1.165, 1.54) is 0 Å². The van der Waals surface area contributed by atoms with Crippen molar-refractivity contribution in [3.63, 3.8) is 0 Å². The Morgan fingerprint density at radius 1 is 1.20 bits per heavy atom. The number of imidazole rings is 1. The van der Waals surface area contributed by atoms with Crippen LogP contribution in [0.15, 0.2) is 35.6 Å². The van der Waals surface area contributed by atoms with Crippen molar-refractivity contribution in [2.75, 3.05) is 13.1 Å². The average Bonchev–Trinajstić information content (AvgIpc) is 3.34. The van der Waals surface area contributed by atoms with Gasteiger partial charge in [0.15, 0.2) is 5.78 Å². The Kier molecular flexibility index (Phi) is 5.57. The van der Waals surface area contributed by atoms with Crippen LogP contribution in [0.4, 0.5) is 0 Å². The number of rotatable bonds is 6. The van der Waals surface area contributed by atoms with Gasteiger partial charge in [-0.1, -0.05) is 0 Å². The van der Waals surface area contributed by atoms with Crippen LogP contribution >= 0.6 is 0 Å². The number of fused-ring (bicyclic) bond motifs is 1. The summed E-state index contributed by atoms with van der Waals surface area (Å²) in [5, 5.41) is 0. The monoisotopic (exact) mass is 409 g/mol. The normalized spacial score (nSPS) is 15.1. The van der Waals surface area contributed by atoms with Gasteiger partial charge in [0.1, 0.15) is 11.2 Å².